The van der Waals surface area contributed by atoms with Crippen LogP contribution >= 0.6 is 11.8 Å². The molecule has 0 bridgehead atoms. The highest BCUT2D eigenvalue weighted by molar-refractivity contribution is 8.03. The van der Waals surface area contributed by atoms with Gasteiger partial charge in [-0.1, -0.05) is 0 Å². The summed E-state index contributed by atoms with van der Waals surface area (Å²) < 4.78 is 22.8. The number of ketones is 1. The number of aldehydes is 1. The average molecular weight is 313 g/mol. The van der Waals surface area contributed by atoms with Crippen LogP contribution in [-0.2, 0) is 19.4 Å². The van der Waals surface area contributed by atoms with Gasteiger partial charge in [0, 0.05) is 23.2 Å². The molecular weight excluding hydrogens is 302 g/mol. The summed E-state index contributed by atoms with van der Waals surface area (Å²) in [6.07, 6.45) is 4.19. The third-order valence-corrected chi connectivity index (χ3v) is 4.35. The Hall–Kier alpha value is -1.58. The highest BCUT2D eigenvalue weighted by atomic mass is 32.2. The molecule has 7 nitrogen and oxygen atoms in total. The van der Waals surface area contributed by atoms with Crippen LogP contribution in [0.2, 0.25) is 0 Å². The van der Waals surface area contributed by atoms with Crippen molar-refractivity contribution in [3.63, 3.8) is 0 Å². The van der Waals surface area contributed by atoms with Crippen LogP contribution in [-0.4, -0.2) is 48.6 Å². The van der Waals surface area contributed by atoms with Crippen molar-refractivity contribution in [2.75, 3.05) is 12.1 Å². The molecular formula is C11H11N3O4S2. The van der Waals surface area contributed by atoms with Crippen LogP contribution in [0.1, 0.15) is 5.69 Å². The number of nitrogens with zero attached hydrogens (tertiary/aromatic N) is 2. The van der Waals surface area contributed by atoms with Crippen molar-refractivity contribution in [2.24, 2.45) is 0 Å². The first kappa shape index (κ1) is 14.8. The first-order valence-corrected chi connectivity index (χ1v) is 8.39. The van der Waals surface area contributed by atoms with E-state index in [9.17, 15) is 18.0 Å². The zero-order chi connectivity index (χ0) is 14.8. The number of aromatic nitrogens is 2. The number of hydrogen-bond acceptors (Lipinski definition) is 8. The van der Waals surface area contributed by atoms with E-state index in [1.54, 1.807) is 6.08 Å². The number of sulfone groups is 1. The Morgan fingerprint density at radius 1 is 1.55 bits per heavy atom. The molecule has 0 aromatic carbocycles. The molecule has 0 amide bonds. The Kier molecular flexibility index (Phi) is 4.31. The van der Waals surface area contributed by atoms with E-state index in [4.69, 9.17) is 0 Å². The van der Waals surface area contributed by atoms with Crippen molar-refractivity contribution in [1.82, 2.24) is 15.3 Å². The van der Waals surface area contributed by atoms with Gasteiger partial charge in [0.25, 0.3) is 0 Å². The summed E-state index contributed by atoms with van der Waals surface area (Å²) in [6.45, 7) is 0. The third kappa shape index (κ3) is 3.30. The maximum absolute atomic E-state index is 11.4. The molecule has 2 heterocycles. The number of thioether (sulfide) groups is 1. The van der Waals surface area contributed by atoms with Crippen LogP contribution < -0.4 is 5.32 Å². The second-order valence-corrected chi connectivity index (χ2v) is 6.99. The number of rotatable bonds is 4. The molecule has 0 radical (unpaired) electrons. The molecule has 1 aromatic rings. The van der Waals surface area contributed by atoms with E-state index in [0.29, 0.717) is 16.5 Å². The minimum absolute atomic E-state index is 0.263. The number of hydrogen-bond donors (Lipinski definition) is 1. The monoisotopic (exact) mass is 313 g/mol. The van der Waals surface area contributed by atoms with Gasteiger partial charge < -0.3 is 0 Å². The predicted molar refractivity (Wildman–Crippen MR) is 73.6 cm³/mol. The Morgan fingerprint density at radius 2 is 2.30 bits per heavy atom. The second kappa shape index (κ2) is 5.81. The standard InChI is InChI=1S/C11H11N3O4S2/c1-20(17,18)11-12-3-2-7(14-11)4-9-10(8(16)5-15)13-6-19-9/h2-5,10,13H,6H2,1H3/b9-4-. The van der Waals surface area contributed by atoms with Gasteiger partial charge in [-0.05, 0) is 12.1 Å². The van der Waals surface area contributed by atoms with Gasteiger partial charge in [-0.3, -0.25) is 14.9 Å². The zero-order valence-electron chi connectivity index (χ0n) is 10.4. The molecule has 1 N–H and O–H groups in total. The fraction of sp³-hybridized carbons (Fsp3) is 0.273. The van der Waals surface area contributed by atoms with Gasteiger partial charge in [-0.2, -0.15) is 0 Å². The van der Waals surface area contributed by atoms with Crippen molar-refractivity contribution >= 4 is 39.7 Å². The SMILES string of the molecule is CS(=O)(=O)c1nccc(/C=C2\SCNC2C(=O)C=O)n1. The fourth-order valence-corrected chi connectivity index (χ4v) is 3.10. The lowest BCUT2D eigenvalue weighted by Crippen LogP contribution is -2.32. The third-order valence-electron chi connectivity index (χ3n) is 2.49. The van der Waals surface area contributed by atoms with Crippen molar-refractivity contribution in [3.05, 3.63) is 22.9 Å². The smallest absolute Gasteiger partial charge is 0.247 e. The molecule has 106 valence electrons. The molecule has 0 spiro atoms. The van der Waals surface area contributed by atoms with Crippen molar-refractivity contribution in [3.8, 4) is 0 Å². The highest BCUT2D eigenvalue weighted by Crippen LogP contribution is 2.27. The van der Waals surface area contributed by atoms with Crippen LogP contribution in [0.25, 0.3) is 6.08 Å². The molecule has 1 aromatic heterocycles. The van der Waals surface area contributed by atoms with Crippen molar-refractivity contribution < 1.29 is 18.0 Å². The molecule has 0 aliphatic carbocycles. The van der Waals surface area contributed by atoms with Gasteiger partial charge in [0.05, 0.1) is 5.69 Å². The lowest BCUT2D eigenvalue weighted by atomic mass is 10.1. The topological polar surface area (TPSA) is 106 Å². The van der Waals surface area contributed by atoms with Gasteiger partial charge >= 0.3 is 0 Å². The molecule has 20 heavy (non-hydrogen) atoms. The Labute approximate surface area is 119 Å². The molecule has 9 heteroatoms. The molecule has 1 unspecified atom stereocenters. The first-order valence-electron chi connectivity index (χ1n) is 5.51. The van der Waals surface area contributed by atoms with E-state index in [0.717, 1.165) is 6.26 Å². The van der Waals surface area contributed by atoms with E-state index in [1.807, 2.05) is 0 Å². The summed E-state index contributed by atoms with van der Waals surface area (Å²) in [5.41, 5.74) is 0.371. The molecule has 2 rings (SSSR count). The molecule has 1 aliphatic heterocycles. The summed E-state index contributed by atoms with van der Waals surface area (Å²) in [6, 6.07) is 0.845. The minimum Gasteiger partial charge on any atom is -0.295 e. The van der Waals surface area contributed by atoms with Gasteiger partial charge in [-0.25, -0.2) is 18.4 Å². The Bertz CT molecular complexity index is 685. The minimum atomic E-state index is -3.49. The van der Waals surface area contributed by atoms with E-state index >= 15 is 0 Å². The normalized spacial score (nSPS) is 21.1. The van der Waals surface area contributed by atoms with Gasteiger partial charge in [0.1, 0.15) is 6.04 Å². The van der Waals surface area contributed by atoms with Crippen molar-refractivity contribution in [1.29, 1.82) is 0 Å². The fourth-order valence-electron chi connectivity index (χ4n) is 1.58. The Balaban J connectivity index is 2.35. The highest BCUT2D eigenvalue weighted by Gasteiger charge is 2.27. The van der Waals surface area contributed by atoms with E-state index in [1.165, 1.54) is 24.0 Å². The predicted octanol–water partition coefficient (Wildman–Crippen LogP) is -0.349. The van der Waals surface area contributed by atoms with Crippen LogP contribution in [0.4, 0.5) is 0 Å². The summed E-state index contributed by atoms with van der Waals surface area (Å²) in [7, 11) is -3.49. The number of carbonyl (C=O) groups is 2. The van der Waals surface area contributed by atoms with E-state index in [-0.39, 0.29) is 11.4 Å². The number of Topliss-reactive ketones (excluding diaryl/α,β-unsaturated/α-hetero) is 1. The summed E-state index contributed by atoms with van der Waals surface area (Å²) >= 11 is 1.36. The van der Waals surface area contributed by atoms with Crippen LogP contribution in [0, 0.1) is 0 Å². The molecule has 1 fully saturated rings. The quantitative estimate of drug-likeness (QED) is 0.457. The summed E-state index contributed by atoms with van der Waals surface area (Å²) in [5, 5.41) is 2.60. The molecule has 1 atom stereocenters. The largest absolute Gasteiger partial charge is 0.295 e. The van der Waals surface area contributed by atoms with Crippen LogP contribution in [0.15, 0.2) is 22.3 Å². The average Bonchev–Trinajstić information content (AvgIpc) is 2.85. The van der Waals surface area contributed by atoms with Crippen LogP contribution in [0.3, 0.4) is 0 Å². The van der Waals surface area contributed by atoms with Gasteiger partial charge in [0.15, 0.2) is 6.29 Å². The molecule has 1 saturated heterocycles. The molecule has 0 saturated carbocycles. The number of nitrogens with one attached hydrogen (secondary N) is 1. The maximum atomic E-state index is 11.4. The van der Waals surface area contributed by atoms with Gasteiger partial charge in [-0.15, -0.1) is 11.8 Å². The first-order chi connectivity index (χ1) is 9.41. The summed E-state index contributed by atoms with van der Waals surface area (Å²) in [5.74, 6) is -0.0706. The number of carbonyl (C=O) groups excluding carboxylic acids is 2. The van der Waals surface area contributed by atoms with E-state index < -0.39 is 21.7 Å². The van der Waals surface area contributed by atoms with Crippen LogP contribution in [0.5, 0.6) is 0 Å². The molecule has 1 aliphatic rings. The lowest BCUT2D eigenvalue weighted by Gasteiger charge is -2.06. The lowest BCUT2D eigenvalue weighted by molar-refractivity contribution is -0.130. The second-order valence-electron chi connectivity index (χ2n) is 4.03. The summed E-state index contributed by atoms with van der Waals surface area (Å²) in [4.78, 5) is 30.2. The Morgan fingerprint density at radius 3 is 2.95 bits per heavy atom. The van der Waals surface area contributed by atoms with Gasteiger partial charge in [0.2, 0.25) is 20.8 Å². The maximum Gasteiger partial charge on any atom is 0.247 e. The zero-order valence-corrected chi connectivity index (χ0v) is 12.1. The van der Waals surface area contributed by atoms with E-state index in [2.05, 4.69) is 15.3 Å². The van der Waals surface area contributed by atoms with Crippen molar-refractivity contribution in [2.45, 2.75) is 11.2 Å².